The molecule has 0 unspecified atom stereocenters. The molecule has 0 aliphatic heterocycles. The van der Waals surface area contributed by atoms with Crippen molar-refractivity contribution in [3.05, 3.63) is 28.2 Å². The van der Waals surface area contributed by atoms with Gasteiger partial charge in [0.25, 0.3) is 5.91 Å². The highest BCUT2D eigenvalue weighted by Crippen LogP contribution is 2.26. The van der Waals surface area contributed by atoms with Crippen molar-refractivity contribution in [2.24, 2.45) is 0 Å². The molecule has 5 heteroatoms. The fraction of sp³-hybridized carbons (Fsp3) is 0.562. The Bertz CT molecular complexity index is 489. The van der Waals surface area contributed by atoms with Crippen LogP contribution in [0, 0.1) is 0 Å². The highest BCUT2D eigenvalue weighted by atomic mass is 79.9. The van der Waals surface area contributed by atoms with E-state index in [2.05, 4.69) is 28.2 Å². The molecule has 0 aromatic heterocycles. The van der Waals surface area contributed by atoms with E-state index in [1.165, 1.54) is 0 Å². The van der Waals surface area contributed by atoms with Gasteiger partial charge in [0.15, 0.2) is 6.61 Å². The molecule has 21 heavy (non-hydrogen) atoms. The summed E-state index contributed by atoms with van der Waals surface area (Å²) in [7, 11) is 1.86. The van der Waals surface area contributed by atoms with E-state index in [-0.39, 0.29) is 12.5 Å². The van der Waals surface area contributed by atoms with Gasteiger partial charge in [-0.25, -0.2) is 0 Å². The summed E-state index contributed by atoms with van der Waals surface area (Å²) in [6, 6.07) is 6.31. The Balaban J connectivity index is 1.92. The Labute approximate surface area is 135 Å². The Morgan fingerprint density at radius 3 is 2.90 bits per heavy atom. The Morgan fingerprint density at radius 2 is 2.24 bits per heavy atom. The van der Waals surface area contributed by atoms with Crippen LogP contribution in [-0.4, -0.2) is 37.0 Å². The summed E-state index contributed by atoms with van der Waals surface area (Å²) in [5.74, 6) is 0.826. The predicted octanol–water partition coefficient (Wildman–Crippen LogP) is 2.95. The lowest BCUT2D eigenvalue weighted by molar-refractivity contribution is -0.132. The van der Waals surface area contributed by atoms with Gasteiger partial charge < -0.3 is 15.0 Å². The number of hydrogen-bond acceptors (Lipinski definition) is 3. The molecule has 0 atom stereocenters. The second-order valence-electron chi connectivity index (χ2n) is 5.45. The number of benzene rings is 1. The summed E-state index contributed by atoms with van der Waals surface area (Å²) in [6.45, 7) is 3.96. The van der Waals surface area contributed by atoms with E-state index in [4.69, 9.17) is 4.74 Å². The lowest BCUT2D eigenvalue weighted by Crippen LogP contribution is -2.33. The third-order valence-corrected chi connectivity index (χ3v) is 4.10. The molecular weight excluding hydrogens is 332 g/mol. The lowest BCUT2D eigenvalue weighted by Gasteiger charge is -2.18. The second kappa shape index (κ2) is 7.80. The summed E-state index contributed by atoms with van der Waals surface area (Å²) in [4.78, 5) is 13.8. The minimum atomic E-state index is 0.0490. The van der Waals surface area contributed by atoms with Crippen molar-refractivity contribution >= 4 is 21.8 Å². The van der Waals surface area contributed by atoms with E-state index in [0.29, 0.717) is 6.04 Å². The van der Waals surface area contributed by atoms with E-state index in [1.54, 1.807) is 4.90 Å². The zero-order chi connectivity index (χ0) is 15.2. The summed E-state index contributed by atoms with van der Waals surface area (Å²) in [5, 5.41) is 3.36. The van der Waals surface area contributed by atoms with Gasteiger partial charge in [-0.2, -0.15) is 0 Å². The number of halogens is 1. The molecule has 4 nitrogen and oxygen atoms in total. The van der Waals surface area contributed by atoms with Crippen molar-refractivity contribution in [2.45, 2.75) is 38.8 Å². The van der Waals surface area contributed by atoms with Crippen LogP contribution in [0.5, 0.6) is 5.75 Å². The predicted molar refractivity (Wildman–Crippen MR) is 87.4 cm³/mol. The van der Waals surface area contributed by atoms with Gasteiger partial charge in [0, 0.05) is 29.7 Å². The van der Waals surface area contributed by atoms with Crippen LogP contribution in [-0.2, 0) is 11.3 Å². The number of ether oxygens (including phenoxy) is 1. The fourth-order valence-electron chi connectivity index (χ4n) is 2.13. The molecule has 1 aliphatic rings. The Kier molecular flexibility index (Phi) is 6.06. The van der Waals surface area contributed by atoms with Gasteiger partial charge in [0.1, 0.15) is 5.75 Å². The number of hydrogen-bond donors (Lipinski definition) is 1. The monoisotopic (exact) mass is 354 g/mol. The Morgan fingerprint density at radius 1 is 1.48 bits per heavy atom. The van der Waals surface area contributed by atoms with Crippen LogP contribution < -0.4 is 10.1 Å². The first-order valence-electron chi connectivity index (χ1n) is 7.49. The number of carbonyl (C=O) groups is 1. The quantitative estimate of drug-likeness (QED) is 0.729. The van der Waals surface area contributed by atoms with Gasteiger partial charge in [-0.1, -0.05) is 22.9 Å². The van der Waals surface area contributed by atoms with Crippen LogP contribution in [0.1, 0.15) is 31.7 Å². The maximum absolute atomic E-state index is 12.0. The number of likely N-dealkylation sites (N-methyl/N-ethyl adjacent to an activating group) is 1. The van der Waals surface area contributed by atoms with Gasteiger partial charge in [-0.15, -0.1) is 0 Å². The lowest BCUT2D eigenvalue weighted by atomic mass is 10.2. The first-order valence-corrected chi connectivity index (χ1v) is 8.28. The largest absolute Gasteiger partial charge is 0.483 e. The summed E-state index contributed by atoms with van der Waals surface area (Å²) in [6.07, 6.45) is 3.33. The SMILES string of the molecule is CCCNCc1cc(Br)ccc1OCC(=O)N(C)C1CC1. The molecule has 116 valence electrons. The van der Waals surface area contributed by atoms with E-state index >= 15 is 0 Å². The number of nitrogens with one attached hydrogen (secondary N) is 1. The number of rotatable bonds is 8. The minimum Gasteiger partial charge on any atom is -0.483 e. The van der Waals surface area contributed by atoms with Crippen LogP contribution >= 0.6 is 15.9 Å². The molecule has 1 fully saturated rings. The molecule has 0 saturated heterocycles. The second-order valence-corrected chi connectivity index (χ2v) is 6.37. The molecule has 1 aromatic carbocycles. The van der Waals surface area contributed by atoms with Crippen LogP contribution in [0.3, 0.4) is 0 Å². The summed E-state index contributed by atoms with van der Waals surface area (Å²) >= 11 is 3.48. The smallest absolute Gasteiger partial charge is 0.260 e. The van der Waals surface area contributed by atoms with Crippen LogP contribution in [0.25, 0.3) is 0 Å². The average Bonchev–Trinajstić information content (AvgIpc) is 3.30. The first kappa shape index (κ1) is 16.3. The molecule has 1 aliphatic carbocycles. The van der Waals surface area contributed by atoms with Crippen molar-refractivity contribution in [2.75, 3.05) is 20.2 Å². The molecule has 0 heterocycles. The summed E-state index contributed by atoms with van der Waals surface area (Å²) in [5.41, 5.74) is 1.07. The zero-order valence-corrected chi connectivity index (χ0v) is 14.3. The first-order chi connectivity index (χ1) is 10.1. The van der Waals surface area contributed by atoms with Crippen molar-refractivity contribution < 1.29 is 9.53 Å². The number of carbonyl (C=O) groups excluding carboxylic acids is 1. The molecule has 1 amide bonds. The molecule has 1 saturated carbocycles. The van der Waals surface area contributed by atoms with Crippen molar-refractivity contribution in [3.8, 4) is 5.75 Å². The highest BCUT2D eigenvalue weighted by molar-refractivity contribution is 9.10. The van der Waals surface area contributed by atoms with Gasteiger partial charge in [-0.05, 0) is 44.0 Å². The highest BCUT2D eigenvalue weighted by Gasteiger charge is 2.29. The van der Waals surface area contributed by atoms with E-state index in [0.717, 1.165) is 48.1 Å². The third-order valence-electron chi connectivity index (χ3n) is 3.60. The van der Waals surface area contributed by atoms with Crippen molar-refractivity contribution in [1.82, 2.24) is 10.2 Å². The van der Waals surface area contributed by atoms with Crippen LogP contribution in [0.2, 0.25) is 0 Å². The zero-order valence-electron chi connectivity index (χ0n) is 12.7. The van der Waals surface area contributed by atoms with Crippen molar-refractivity contribution in [1.29, 1.82) is 0 Å². The van der Waals surface area contributed by atoms with Crippen molar-refractivity contribution in [3.63, 3.8) is 0 Å². The third kappa shape index (κ3) is 5.00. The van der Waals surface area contributed by atoms with Crippen LogP contribution in [0.15, 0.2) is 22.7 Å². The molecule has 1 N–H and O–H groups in total. The van der Waals surface area contributed by atoms with E-state index in [1.807, 2.05) is 25.2 Å². The molecule has 2 rings (SSSR count). The van der Waals surface area contributed by atoms with E-state index in [9.17, 15) is 4.79 Å². The normalized spacial score (nSPS) is 14.0. The molecule has 0 bridgehead atoms. The standard InChI is InChI=1S/C16H23BrN2O2/c1-3-8-18-10-12-9-13(17)4-7-15(12)21-11-16(20)19(2)14-5-6-14/h4,7,9,14,18H,3,5-6,8,10-11H2,1-2H3. The average molecular weight is 355 g/mol. The molecular formula is C16H23BrN2O2. The minimum absolute atomic E-state index is 0.0490. The molecule has 0 radical (unpaired) electrons. The van der Waals surface area contributed by atoms with Gasteiger partial charge in [0.05, 0.1) is 0 Å². The van der Waals surface area contributed by atoms with Gasteiger partial charge in [-0.3, -0.25) is 4.79 Å². The Hall–Kier alpha value is -1.07. The van der Waals surface area contributed by atoms with Crippen LogP contribution in [0.4, 0.5) is 0 Å². The molecule has 1 aromatic rings. The summed E-state index contributed by atoms with van der Waals surface area (Å²) < 4.78 is 6.75. The fourth-order valence-corrected chi connectivity index (χ4v) is 2.54. The number of amides is 1. The number of nitrogens with zero attached hydrogens (tertiary/aromatic N) is 1. The van der Waals surface area contributed by atoms with Gasteiger partial charge in [0.2, 0.25) is 0 Å². The topological polar surface area (TPSA) is 41.6 Å². The maximum Gasteiger partial charge on any atom is 0.260 e. The maximum atomic E-state index is 12.0. The van der Waals surface area contributed by atoms with Gasteiger partial charge >= 0.3 is 0 Å². The molecule has 0 spiro atoms. The van der Waals surface area contributed by atoms with E-state index < -0.39 is 0 Å².